The van der Waals surface area contributed by atoms with E-state index in [1.807, 2.05) is 0 Å². The minimum atomic E-state index is -0.515. The van der Waals surface area contributed by atoms with Gasteiger partial charge < -0.3 is 0 Å². The van der Waals surface area contributed by atoms with Gasteiger partial charge in [-0.2, -0.15) is 10.2 Å². The number of nitrogens with one attached hydrogen (secondary N) is 2. The van der Waals surface area contributed by atoms with Gasteiger partial charge in [0.05, 0.1) is 11.9 Å². The zero-order valence-electron chi connectivity index (χ0n) is 9.20. The molecule has 0 aliphatic rings. The summed E-state index contributed by atoms with van der Waals surface area (Å²) in [6.45, 7) is 0. The number of hydrogen-bond donors (Lipinski definition) is 2. The second-order valence-electron chi connectivity index (χ2n) is 3.26. The van der Waals surface area contributed by atoms with Crippen LogP contribution in [0.15, 0.2) is 46.4 Å². The quantitative estimate of drug-likeness (QED) is 0.582. The average Bonchev–Trinajstić information content (AvgIpc) is 2.40. The van der Waals surface area contributed by atoms with Crippen molar-refractivity contribution in [1.82, 2.24) is 20.6 Å². The van der Waals surface area contributed by atoms with Gasteiger partial charge in [0.1, 0.15) is 0 Å². The predicted molar refractivity (Wildman–Crippen MR) is 64.2 cm³/mol. The summed E-state index contributed by atoms with van der Waals surface area (Å²) in [5, 5.41) is 9.44. The van der Waals surface area contributed by atoms with E-state index in [0.717, 1.165) is 0 Å². The van der Waals surface area contributed by atoms with Crippen molar-refractivity contribution in [2.45, 2.75) is 0 Å². The molecule has 7 nitrogen and oxygen atoms in total. The van der Waals surface area contributed by atoms with Crippen LogP contribution in [0.25, 0.3) is 0 Å². The predicted octanol–water partition coefficient (Wildman–Crippen LogP) is -0.0712. The Morgan fingerprint density at radius 1 is 1.33 bits per heavy atom. The van der Waals surface area contributed by atoms with Crippen LogP contribution in [0.1, 0.15) is 16.2 Å². The summed E-state index contributed by atoms with van der Waals surface area (Å²) in [4.78, 5) is 26.3. The van der Waals surface area contributed by atoms with Crippen LogP contribution in [-0.2, 0) is 0 Å². The third-order valence-corrected chi connectivity index (χ3v) is 1.96. The molecule has 0 aromatic carbocycles. The number of carbonyl (C=O) groups excluding carboxylic acids is 1. The molecule has 7 heteroatoms. The number of aromatic amines is 1. The van der Waals surface area contributed by atoms with Crippen molar-refractivity contribution < 1.29 is 4.79 Å². The lowest BCUT2D eigenvalue weighted by Gasteiger charge is -1.97. The van der Waals surface area contributed by atoms with Crippen LogP contribution in [0.3, 0.4) is 0 Å². The Balaban J connectivity index is 1.98. The molecule has 0 saturated carbocycles. The van der Waals surface area contributed by atoms with Crippen molar-refractivity contribution in [3.05, 3.63) is 58.3 Å². The van der Waals surface area contributed by atoms with E-state index in [1.165, 1.54) is 18.3 Å². The third kappa shape index (κ3) is 3.08. The molecule has 90 valence electrons. The van der Waals surface area contributed by atoms with Crippen LogP contribution in [0.2, 0.25) is 0 Å². The molecule has 0 aliphatic carbocycles. The van der Waals surface area contributed by atoms with Gasteiger partial charge in [0.25, 0.3) is 11.5 Å². The normalized spacial score (nSPS) is 10.4. The molecule has 2 aromatic rings. The first-order valence-electron chi connectivity index (χ1n) is 5.06. The van der Waals surface area contributed by atoms with Crippen molar-refractivity contribution in [3.63, 3.8) is 0 Å². The molecule has 0 atom stereocenters. The summed E-state index contributed by atoms with van der Waals surface area (Å²) in [7, 11) is 0. The van der Waals surface area contributed by atoms with Gasteiger partial charge in [-0.3, -0.25) is 14.6 Å². The fourth-order valence-corrected chi connectivity index (χ4v) is 1.14. The molecule has 0 radical (unpaired) electrons. The van der Waals surface area contributed by atoms with Crippen LogP contribution in [0.5, 0.6) is 0 Å². The molecular formula is C11H9N5O2. The summed E-state index contributed by atoms with van der Waals surface area (Å²) < 4.78 is 0. The maximum Gasteiger partial charge on any atom is 0.291 e. The SMILES string of the molecule is O=C(N/N=C\c1ccccn1)c1ccc(=O)[nH]n1. The molecule has 0 saturated heterocycles. The van der Waals surface area contributed by atoms with Crippen LogP contribution in [0.4, 0.5) is 0 Å². The highest BCUT2D eigenvalue weighted by Crippen LogP contribution is 1.90. The minimum Gasteiger partial charge on any atom is -0.268 e. The van der Waals surface area contributed by atoms with E-state index in [9.17, 15) is 9.59 Å². The lowest BCUT2D eigenvalue weighted by Crippen LogP contribution is -2.21. The number of carbonyl (C=O) groups is 1. The molecule has 0 unspecified atom stereocenters. The zero-order chi connectivity index (χ0) is 12.8. The van der Waals surface area contributed by atoms with Gasteiger partial charge in [0.2, 0.25) is 0 Å². The first-order valence-corrected chi connectivity index (χ1v) is 5.06. The van der Waals surface area contributed by atoms with Crippen LogP contribution in [-0.4, -0.2) is 27.3 Å². The molecule has 0 spiro atoms. The Bertz CT molecular complexity index is 600. The van der Waals surface area contributed by atoms with Gasteiger partial charge in [-0.1, -0.05) is 6.07 Å². The lowest BCUT2D eigenvalue weighted by molar-refractivity contribution is 0.0949. The van der Waals surface area contributed by atoms with Gasteiger partial charge in [-0.15, -0.1) is 0 Å². The number of rotatable bonds is 3. The minimum absolute atomic E-state index is 0.0766. The van der Waals surface area contributed by atoms with Crippen LogP contribution < -0.4 is 11.0 Å². The lowest BCUT2D eigenvalue weighted by atomic mass is 10.4. The second kappa shape index (κ2) is 5.48. The Labute approximate surface area is 102 Å². The molecule has 2 heterocycles. The van der Waals surface area contributed by atoms with Gasteiger partial charge >= 0.3 is 0 Å². The van der Waals surface area contributed by atoms with Crippen molar-refractivity contribution in [1.29, 1.82) is 0 Å². The molecule has 2 aromatic heterocycles. The number of amides is 1. The van der Waals surface area contributed by atoms with Crippen molar-refractivity contribution in [2.24, 2.45) is 5.10 Å². The zero-order valence-corrected chi connectivity index (χ0v) is 9.20. The van der Waals surface area contributed by atoms with Crippen molar-refractivity contribution >= 4 is 12.1 Å². The summed E-state index contributed by atoms with van der Waals surface area (Å²) in [5.41, 5.74) is 2.60. The largest absolute Gasteiger partial charge is 0.291 e. The fourth-order valence-electron chi connectivity index (χ4n) is 1.14. The number of hydrazone groups is 1. The van der Waals surface area contributed by atoms with Gasteiger partial charge in [-0.05, 0) is 18.2 Å². The first-order chi connectivity index (χ1) is 8.75. The average molecular weight is 243 g/mol. The van der Waals surface area contributed by atoms with E-state index in [0.29, 0.717) is 5.69 Å². The Morgan fingerprint density at radius 2 is 2.22 bits per heavy atom. The summed E-state index contributed by atoms with van der Waals surface area (Å²) in [6.07, 6.45) is 3.02. The van der Waals surface area contributed by atoms with Gasteiger partial charge in [-0.25, -0.2) is 10.5 Å². The molecule has 2 rings (SSSR count). The van der Waals surface area contributed by atoms with Crippen molar-refractivity contribution in [2.75, 3.05) is 0 Å². The van der Waals surface area contributed by atoms with Crippen molar-refractivity contribution in [3.8, 4) is 0 Å². The second-order valence-corrected chi connectivity index (χ2v) is 3.26. The number of H-pyrrole nitrogens is 1. The number of hydrogen-bond acceptors (Lipinski definition) is 5. The summed E-state index contributed by atoms with van der Waals surface area (Å²) >= 11 is 0. The van der Waals surface area contributed by atoms with E-state index in [-0.39, 0.29) is 11.3 Å². The Hall–Kier alpha value is -2.83. The molecule has 0 aliphatic heterocycles. The van der Waals surface area contributed by atoms with Gasteiger partial charge in [0, 0.05) is 12.3 Å². The highest BCUT2D eigenvalue weighted by atomic mass is 16.2. The highest BCUT2D eigenvalue weighted by Gasteiger charge is 2.04. The molecule has 0 bridgehead atoms. The molecule has 18 heavy (non-hydrogen) atoms. The van der Waals surface area contributed by atoms with E-state index >= 15 is 0 Å². The molecule has 2 N–H and O–H groups in total. The number of aromatic nitrogens is 3. The molecule has 0 fully saturated rings. The third-order valence-electron chi connectivity index (χ3n) is 1.96. The van der Waals surface area contributed by atoms with E-state index in [1.54, 1.807) is 24.4 Å². The van der Waals surface area contributed by atoms with E-state index in [4.69, 9.17) is 0 Å². The standard InChI is InChI=1S/C11H9N5O2/c17-10-5-4-9(14-15-10)11(18)16-13-7-8-3-1-2-6-12-8/h1-7H,(H,15,17)(H,16,18)/b13-7-. The molecular weight excluding hydrogens is 234 g/mol. The van der Waals surface area contributed by atoms with E-state index in [2.05, 4.69) is 25.7 Å². The first kappa shape index (κ1) is 11.6. The Kier molecular flexibility index (Phi) is 3.55. The Morgan fingerprint density at radius 3 is 2.89 bits per heavy atom. The molecule has 1 amide bonds. The fraction of sp³-hybridized carbons (Fsp3) is 0. The summed E-state index contributed by atoms with van der Waals surface area (Å²) in [5.74, 6) is -0.515. The number of pyridine rings is 1. The van der Waals surface area contributed by atoms with Crippen LogP contribution >= 0.6 is 0 Å². The topological polar surface area (TPSA) is 100 Å². The van der Waals surface area contributed by atoms with E-state index < -0.39 is 5.91 Å². The van der Waals surface area contributed by atoms with Crippen LogP contribution in [0, 0.1) is 0 Å². The highest BCUT2D eigenvalue weighted by molar-refractivity contribution is 5.92. The monoisotopic (exact) mass is 243 g/mol. The smallest absolute Gasteiger partial charge is 0.268 e. The maximum atomic E-state index is 11.5. The van der Waals surface area contributed by atoms with Gasteiger partial charge in [0.15, 0.2) is 5.69 Å². The number of nitrogens with zero attached hydrogens (tertiary/aromatic N) is 3. The summed E-state index contributed by atoms with van der Waals surface area (Å²) in [6, 6.07) is 7.85. The maximum absolute atomic E-state index is 11.5.